The molecule has 0 heterocycles. The molecule has 0 bridgehead atoms. The van der Waals surface area contributed by atoms with Gasteiger partial charge >= 0.3 is 31.4 Å². The molecule has 10 N–H and O–H groups in total. The molecule has 0 fully saturated rings. The molecule has 8 nitrogen and oxygen atoms in total. The first-order valence-electron chi connectivity index (χ1n) is 6.73. The zero-order valence-corrected chi connectivity index (χ0v) is 15.5. The number of aliphatic carboxylic acids is 2. The predicted molar refractivity (Wildman–Crippen MR) is 77.0 cm³/mol. The van der Waals surface area contributed by atoms with E-state index >= 15 is 0 Å². The van der Waals surface area contributed by atoms with Crippen molar-refractivity contribution in [2.75, 3.05) is 13.1 Å². The van der Waals surface area contributed by atoms with Crippen molar-refractivity contribution in [2.45, 2.75) is 50.6 Å². The molecule has 0 aromatic rings. The van der Waals surface area contributed by atoms with Crippen molar-refractivity contribution in [3.63, 3.8) is 0 Å². The molecule has 2 atom stereocenters. The van der Waals surface area contributed by atoms with E-state index in [9.17, 15) is 9.59 Å². The van der Waals surface area contributed by atoms with Crippen LogP contribution in [0.25, 0.3) is 0 Å². The Morgan fingerprint density at radius 1 is 0.762 bits per heavy atom. The van der Waals surface area contributed by atoms with Gasteiger partial charge in [0, 0.05) is 0 Å². The fourth-order valence-electron chi connectivity index (χ4n) is 1.26. The predicted octanol–water partition coefficient (Wildman–Crippen LogP) is -0.948. The zero-order valence-electron chi connectivity index (χ0n) is 12.5. The summed E-state index contributed by atoms with van der Waals surface area (Å²) in [6.45, 7) is 1.21. The van der Waals surface area contributed by atoms with Gasteiger partial charge in [-0.15, -0.1) is 0 Å². The van der Waals surface area contributed by atoms with Gasteiger partial charge in [-0.3, -0.25) is 9.59 Å². The molecule has 0 aromatic carbocycles. The van der Waals surface area contributed by atoms with Crippen molar-refractivity contribution in [1.29, 1.82) is 0 Å². The van der Waals surface area contributed by atoms with Crippen molar-refractivity contribution in [2.24, 2.45) is 22.9 Å². The minimum absolute atomic E-state index is 0. The van der Waals surface area contributed by atoms with E-state index in [4.69, 9.17) is 33.1 Å². The average molecular weight is 358 g/mol. The van der Waals surface area contributed by atoms with E-state index in [0.29, 0.717) is 25.9 Å². The maximum absolute atomic E-state index is 10.1. The number of carboxylic acid groups (broad SMARTS) is 2. The molecule has 0 radical (unpaired) electrons. The van der Waals surface area contributed by atoms with Gasteiger partial charge in [-0.25, -0.2) is 0 Å². The fourth-order valence-corrected chi connectivity index (χ4v) is 1.26. The van der Waals surface area contributed by atoms with Gasteiger partial charge in [0.15, 0.2) is 0 Å². The van der Waals surface area contributed by atoms with E-state index in [1.54, 1.807) is 0 Å². The van der Waals surface area contributed by atoms with Crippen LogP contribution in [0, 0.1) is 0 Å². The SMILES string of the molecule is NCCCC[C@H](N)C(=O)O.NCCCC[C@H](N)C(=O)O.[Zn+2]. The summed E-state index contributed by atoms with van der Waals surface area (Å²) in [5, 5.41) is 16.7. The van der Waals surface area contributed by atoms with Crippen LogP contribution in [0.5, 0.6) is 0 Å². The number of unbranched alkanes of at least 4 members (excludes halogenated alkanes) is 2. The topological polar surface area (TPSA) is 179 Å². The molecule has 0 unspecified atom stereocenters. The molecule has 0 rings (SSSR count). The Kier molecular flexibility index (Phi) is 21.1. The van der Waals surface area contributed by atoms with E-state index < -0.39 is 24.0 Å². The van der Waals surface area contributed by atoms with Gasteiger partial charge in [0.25, 0.3) is 0 Å². The second kappa shape index (κ2) is 17.5. The average Bonchev–Trinajstić information content (AvgIpc) is 2.39. The smallest absolute Gasteiger partial charge is 0.480 e. The molecule has 120 valence electrons. The van der Waals surface area contributed by atoms with Gasteiger partial charge in [-0.1, -0.05) is 12.8 Å². The fraction of sp³-hybridized carbons (Fsp3) is 0.833. The van der Waals surface area contributed by atoms with Crippen molar-refractivity contribution >= 4 is 11.9 Å². The summed E-state index contributed by atoms with van der Waals surface area (Å²) < 4.78 is 0. The van der Waals surface area contributed by atoms with Crippen molar-refractivity contribution in [3.05, 3.63) is 0 Å². The largest absolute Gasteiger partial charge is 2.00 e. The van der Waals surface area contributed by atoms with Gasteiger partial charge in [-0.05, 0) is 38.8 Å². The number of carbonyl (C=O) groups is 2. The van der Waals surface area contributed by atoms with Crippen LogP contribution in [0.3, 0.4) is 0 Å². The van der Waals surface area contributed by atoms with Gasteiger partial charge in [0.05, 0.1) is 0 Å². The van der Waals surface area contributed by atoms with Crippen LogP contribution < -0.4 is 22.9 Å². The van der Waals surface area contributed by atoms with Crippen LogP contribution in [0.4, 0.5) is 0 Å². The Morgan fingerprint density at radius 3 is 1.24 bits per heavy atom. The molecule has 9 heteroatoms. The summed E-state index contributed by atoms with van der Waals surface area (Å²) in [5.41, 5.74) is 20.8. The molecule has 0 aromatic heterocycles. The second-order valence-corrected chi connectivity index (χ2v) is 4.46. The maximum Gasteiger partial charge on any atom is 2.00 e. The first-order valence-corrected chi connectivity index (χ1v) is 6.73. The maximum atomic E-state index is 10.1. The Labute approximate surface area is 138 Å². The van der Waals surface area contributed by atoms with Crippen molar-refractivity contribution < 1.29 is 39.3 Å². The van der Waals surface area contributed by atoms with Crippen LogP contribution in [-0.4, -0.2) is 47.3 Å². The van der Waals surface area contributed by atoms with Crippen LogP contribution in [0.1, 0.15) is 38.5 Å². The van der Waals surface area contributed by atoms with Crippen LogP contribution in [-0.2, 0) is 29.1 Å². The normalized spacial score (nSPS) is 12.4. The summed E-state index contributed by atoms with van der Waals surface area (Å²) >= 11 is 0. The summed E-state index contributed by atoms with van der Waals surface area (Å²) in [6, 6.07) is -1.43. The monoisotopic (exact) mass is 356 g/mol. The number of carboxylic acids is 2. The second-order valence-electron chi connectivity index (χ2n) is 4.46. The summed E-state index contributed by atoms with van der Waals surface area (Å²) in [4.78, 5) is 20.3. The molecule has 0 saturated heterocycles. The molecular formula is C12H28N4O4Zn+2. The van der Waals surface area contributed by atoms with Crippen molar-refractivity contribution in [3.8, 4) is 0 Å². The van der Waals surface area contributed by atoms with E-state index in [1.807, 2.05) is 0 Å². The third-order valence-electron chi connectivity index (χ3n) is 2.57. The molecule has 0 amide bonds. The van der Waals surface area contributed by atoms with Crippen LogP contribution in [0.15, 0.2) is 0 Å². The number of hydrogen-bond donors (Lipinski definition) is 6. The Morgan fingerprint density at radius 2 is 1.05 bits per heavy atom. The first kappa shape index (κ1) is 25.4. The van der Waals surface area contributed by atoms with E-state index in [-0.39, 0.29) is 19.5 Å². The van der Waals surface area contributed by atoms with E-state index in [2.05, 4.69) is 0 Å². The van der Waals surface area contributed by atoms with Gasteiger partial charge in [0.1, 0.15) is 12.1 Å². The van der Waals surface area contributed by atoms with Crippen LogP contribution in [0.2, 0.25) is 0 Å². The van der Waals surface area contributed by atoms with Crippen LogP contribution >= 0.6 is 0 Å². The third-order valence-corrected chi connectivity index (χ3v) is 2.57. The molecule has 0 aliphatic heterocycles. The minimum Gasteiger partial charge on any atom is -0.480 e. The van der Waals surface area contributed by atoms with Gasteiger partial charge in [0.2, 0.25) is 0 Å². The molecule has 0 aliphatic carbocycles. The number of nitrogens with two attached hydrogens (primary N) is 4. The van der Waals surface area contributed by atoms with Crippen molar-refractivity contribution in [1.82, 2.24) is 0 Å². The summed E-state index contributed by atoms with van der Waals surface area (Å²) in [7, 11) is 0. The quantitative estimate of drug-likeness (QED) is 0.214. The van der Waals surface area contributed by atoms with Gasteiger partial charge in [-0.2, -0.15) is 0 Å². The Balaban J connectivity index is -0.000000295. The first-order chi connectivity index (χ1) is 9.36. The molecular weight excluding hydrogens is 330 g/mol. The standard InChI is InChI=1S/2C6H14N2O2.Zn/c2*7-4-2-1-3-5(8)6(9)10;/h2*5H,1-4,7-8H2,(H,9,10);/q;;+2/t2*5-;/m00./s1. The van der Waals surface area contributed by atoms with Gasteiger partial charge < -0.3 is 33.1 Å². The van der Waals surface area contributed by atoms with E-state index in [0.717, 1.165) is 25.7 Å². The zero-order chi connectivity index (χ0) is 16.0. The Bertz CT molecular complexity index is 244. The molecule has 0 spiro atoms. The summed E-state index contributed by atoms with van der Waals surface area (Å²) in [6.07, 6.45) is 4.33. The number of rotatable bonds is 10. The molecule has 0 aliphatic rings. The number of hydrogen-bond acceptors (Lipinski definition) is 6. The minimum atomic E-state index is -0.933. The third kappa shape index (κ3) is 19.4. The summed E-state index contributed by atoms with van der Waals surface area (Å²) in [5.74, 6) is -1.87. The van der Waals surface area contributed by atoms with E-state index in [1.165, 1.54) is 0 Å². The molecule has 0 saturated carbocycles. The molecule has 21 heavy (non-hydrogen) atoms. The Hall–Kier alpha value is -0.597.